The van der Waals surface area contributed by atoms with E-state index in [1.165, 1.54) is 121 Å². The zero-order valence-corrected chi connectivity index (χ0v) is 31.5. The standard InChI is InChI=1S/C54H34N4/c1-4-16-33(17-5-1)55-44-25-13-10-22-36(44)39-28-41-42-30-51-52(38-24-12-15-27-46(38)57(51)35-20-8-3-9-21-35)53-43-29-40-37-23-11-14-26-45(37)56(34-18-6-2-7-19-34)48(40)32-50(43)58(54(42)53)49(41)31-47(39)55/h1-6,8-18,20-32H,7,19H2. The molecule has 0 N–H and O–H groups in total. The van der Waals surface area contributed by atoms with Gasteiger partial charge in [-0.3, -0.25) is 0 Å². The van der Waals surface area contributed by atoms with Crippen molar-refractivity contribution in [2.45, 2.75) is 12.8 Å². The van der Waals surface area contributed by atoms with E-state index >= 15 is 0 Å². The first kappa shape index (κ1) is 30.6. The van der Waals surface area contributed by atoms with Crippen LogP contribution < -0.4 is 0 Å². The van der Waals surface area contributed by atoms with Crippen molar-refractivity contribution < 1.29 is 0 Å². The zero-order valence-electron chi connectivity index (χ0n) is 31.5. The molecular formula is C54H34N4. The van der Waals surface area contributed by atoms with Crippen LogP contribution in [0.4, 0.5) is 0 Å². The fourth-order valence-electron chi connectivity index (χ4n) is 10.8. The average Bonchev–Trinajstić information content (AvgIpc) is 4.06. The Hall–Kier alpha value is -7.56. The molecule has 0 fully saturated rings. The second-order valence-electron chi connectivity index (χ2n) is 16.0. The molecule has 5 aromatic heterocycles. The van der Waals surface area contributed by atoms with Crippen LogP contribution in [0.1, 0.15) is 12.8 Å². The lowest BCUT2D eigenvalue weighted by molar-refractivity contribution is 0.979. The Morgan fingerprint density at radius 1 is 0.345 bits per heavy atom. The maximum atomic E-state index is 2.60. The number of allylic oxidation sites excluding steroid dienone is 4. The highest BCUT2D eigenvalue weighted by molar-refractivity contribution is 6.37. The van der Waals surface area contributed by atoms with Crippen LogP contribution in [-0.2, 0) is 0 Å². The number of hydrogen-bond donors (Lipinski definition) is 0. The fourth-order valence-corrected chi connectivity index (χ4v) is 10.8. The molecule has 0 saturated heterocycles. The molecule has 13 aromatic rings. The highest BCUT2D eigenvalue weighted by Gasteiger charge is 2.27. The van der Waals surface area contributed by atoms with Crippen LogP contribution in [0.2, 0.25) is 0 Å². The van der Waals surface area contributed by atoms with Crippen molar-refractivity contribution in [3.63, 3.8) is 0 Å². The van der Waals surface area contributed by atoms with Crippen molar-refractivity contribution in [3.8, 4) is 11.4 Å². The molecule has 4 nitrogen and oxygen atoms in total. The van der Waals surface area contributed by atoms with Crippen LogP contribution in [-0.4, -0.2) is 18.1 Å². The van der Waals surface area contributed by atoms with E-state index in [0.717, 1.165) is 12.8 Å². The van der Waals surface area contributed by atoms with Crippen LogP contribution in [0.25, 0.3) is 121 Å². The molecular weight excluding hydrogens is 705 g/mol. The summed E-state index contributed by atoms with van der Waals surface area (Å²) < 4.78 is 10.1. The highest BCUT2D eigenvalue weighted by Crippen LogP contribution is 2.49. The molecule has 0 atom stereocenters. The van der Waals surface area contributed by atoms with E-state index in [0.29, 0.717) is 0 Å². The molecule has 0 saturated carbocycles. The summed E-state index contributed by atoms with van der Waals surface area (Å²) in [5.41, 5.74) is 14.8. The molecule has 0 bridgehead atoms. The maximum absolute atomic E-state index is 2.60. The maximum Gasteiger partial charge on any atom is 0.0628 e. The van der Waals surface area contributed by atoms with E-state index in [1.807, 2.05) is 0 Å². The molecule has 1 aliphatic rings. The molecule has 14 rings (SSSR count). The van der Waals surface area contributed by atoms with Crippen LogP contribution in [0.3, 0.4) is 0 Å². The van der Waals surface area contributed by atoms with Gasteiger partial charge in [-0.1, -0.05) is 103 Å². The fraction of sp³-hybridized carbons (Fsp3) is 0.0370. The lowest BCUT2D eigenvalue weighted by Gasteiger charge is -2.14. The Morgan fingerprint density at radius 2 is 0.862 bits per heavy atom. The number of rotatable bonds is 3. The third-order valence-electron chi connectivity index (χ3n) is 13.1. The van der Waals surface area contributed by atoms with Gasteiger partial charge in [0.15, 0.2) is 0 Å². The topological polar surface area (TPSA) is 19.2 Å². The Kier molecular flexibility index (Phi) is 5.84. The molecule has 270 valence electrons. The molecule has 0 unspecified atom stereocenters. The number of aromatic nitrogens is 4. The number of benzene rings is 8. The van der Waals surface area contributed by atoms with Gasteiger partial charge >= 0.3 is 0 Å². The van der Waals surface area contributed by atoms with Gasteiger partial charge in [-0.15, -0.1) is 0 Å². The molecule has 1 aliphatic carbocycles. The van der Waals surface area contributed by atoms with Crippen molar-refractivity contribution in [1.29, 1.82) is 0 Å². The SMILES string of the molecule is C1=CCCC(n2c3ccccc3c3cc4c5c6c7ccccc7n(-c7ccccc7)c6cc6c7cc8c9ccccc9n(-c9ccccc9)c8cc7n(c4cc32)c65)=C1. The van der Waals surface area contributed by atoms with Gasteiger partial charge in [-0.05, 0) is 91.7 Å². The molecule has 0 amide bonds. The highest BCUT2D eigenvalue weighted by atomic mass is 15.0. The second-order valence-corrected chi connectivity index (χ2v) is 16.0. The molecule has 5 heterocycles. The summed E-state index contributed by atoms with van der Waals surface area (Å²) in [6.45, 7) is 0. The summed E-state index contributed by atoms with van der Waals surface area (Å²) in [4.78, 5) is 0. The molecule has 58 heavy (non-hydrogen) atoms. The van der Waals surface area contributed by atoms with E-state index < -0.39 is 0 Å². The minimum atomic E-state index is 1.01. The van der Waals surface area contributed by atoms with Crippen LogP contribution in [0.15, 0.2) is 182 Å². The van der Waals surface area contributed by atoms with Gasteiger partial charge < -0.3 is 18.1 Å². The Balaban J connectivity index is 1.25. The van der Waals surface area contributed by atoms with Gasteiger partial charge in [0.2, 0.25) is 0 Å². The molecule has 0 spiro atoms. The normalized spacial score (nSPS) is 13.8. The smallest absolute Gasteiger partial charge is 0.0628 e. The molecule has 8 aromatic carbocycles. The summed E-state index contributed by atoms with van der Waals surface area (Å²) in [6, 6.07) is 61.0. The van der Waals surface area contributed by atoms with Crippen LogP contribution >= 0.6 is 0 Å². The van der Waals surface area contributed by atoms with E-state index in [9.17, 15) is 0 Å². The zero-order chi connectivity index (χ0) is 37.6. The van der Waals surface area contributed by atoms with Crippen LogP contribution in [0, 0.1) is 0 Å². The number of nitrogens with zero attached hydrogens (tertiary/aromatic N) is 4. The lowest BCUT2D eigenvalue weighted by Crippen LogP contribution is -1.98. The Bertz CT molecular complexity index is 3940. The molecule has 0 aliphatic heterocycles. The van der Waals surface area contributed by atoms with Gasteiger partial charge in [-0.25, -0.2) is 0 Å². The minimum Gasteiger partial charge on any atom is -0.313 e. The van der Waals surface area contributed by atoms with Gasteiger partial charge in [0, 0.05) is 70.9 Å². The van der Waals surface area contributed by atoms with Crippen molar-refractivity contribution >= 4 is 109 Å². The summed E-state index contributed by atoms with van der Waals surface area (Å²) in [7, 11) is 0. The van der Waals surface area contributed by atoms with Crippen molar-refractivity contribution in [2.24, 2.45) is 0 Å². The Morgan fingerprint density at radius 3 is 1.52 bits per heavy atom. The first-order chi connectivity index (χ1) is 28.8. The number of hydrogen-bond acceptors (Lipinski definition) is 0. The van der Waals surface area contributed by atoms with Gasteiger partial charge in [0.25, 0.3) is 0 Å². The monoisotopic (exact) mass is 738 g/mol. The van der Waals surface area contributed by atoms with Crippen molar-refractivity contribution in [1.82, 2.24) is 18.1 Å². The molecule has 0 radical (unpaired) electrons. The van der Waals surface area contributed by atoms with Crippen LogP contribution in [0.5, 0.6) is 0 Å². The van der Waals surface area contributed by atoms with E-state index in [1.54, 1.807) is 0 Å². The lowest BCUT2D eigenvalue weighted by atomic mass is 10.00. The van der Waals surface area contributed by atoms with Crippen molar-refractivity contribution in [2.75, 3.05) is 0 Å². The first-order valence-corrected chi connectivity index (χ1v) is 20.3. The van der Waals surface area contributed by atoms with Gasteiger partial charge in [-0.2, -0.15) is 0 Å². The predicted molar refractivity (Wildman–Crippen MR) is 245 cm³/mol. The largest absolute Gasteiger partial charge is 0.313 e. The number of para-hydroxylation sites is 5. The average molecular weight is 739 g/mol. The van der Waals surface area contributed by atoms with Gasteiger partial charge in [0.1, 0.15) is 0 Å². The quantitative estimate of drug-likeness (QED) is 0.172. The van der Waals surface area contributed by atoms with Gasteiger partial charge in [0.05, 0.1) is 49.7 Å². The third-order valence-corrected chi connectivity index (χ3v) is 13.1. The summed E-state index contributed by atoms with van der Waals surface area (Å²) in [5.74, 6) is 0. The van der Waals surface area contributed by atoms with E-state index in [2.05, 4.69) is 200 Å². The van der Waals surface area contributed by atoms with E-state index in [-0.39, 0.29) is 0 Å². The molecule has 4 heteroatoms. The predicted octanol–water partition coefficient (Wildman–Crippen LogP) is 14.3. The summed E-state index contributed by atoms with van der Waals surface area (Å²) in [5, 5.41) is 12.9. The minimum absolute atomic E-state index is 1.01. The number of fused-ring (bicyclic) bond motifs is 16. The van der Waals surface area contributed by atoms with Crippen molar-refractivity contribution in [3.05, 3.63) is 182 Å². The second kappa shape index (κ2) is 11.1. The van der Waals surface area contributed by atoms with E-state index in [4.69, 9.17) is 0 Å². The summed E-state index contributed by atoms with van der Waals surface area (Å²) >= 11 is 0. The Labute approximate surface area is 332 Å². The third kappa shape index (κ3) is 3.80. The summed E-state index contributed by atoms with van der Waals surface area (Å²) in [6.07, 6.45) is 8.87. The first-order valence-electron chi connectivity index (χ1n) is 20.3.